The molecule has 3 heterocycles. The van der Waals surface area contributed by atoms with Crippen LogP contribution in [0, 0.1) is 0 Å². The monoisotopic (exact) mass is 438 g/mol. The zero-order chi connectivity index (χ0) is 22.5. The number of anilines is 1. The van der Waals surface area contributed by atoms with E-state index in [0.717, 1.165) is 24.7 Å². The lowest BCUT2D eigenvalue weighted by atomic mass is 9.88. The molecule has 1 saturated heterocycles. The topological polar surface area (TPSA) is 67.2 Å². The van der Waals surface area contributed by atoms with Crippen LogP contribution in [0.1, 0.15) is 23.5 Å². The fraction of sp³-hybridized carbons (Fsp3) is 0.231. The number of imidazole rings is 1. The fourth-order valence-corrected chi connectivity index (χ4v) is 4.31. The molecule has 0 bridgehead atoms. The van der Waals surface area contributed by atoms with E-state index in [4.69, 9.17) is 0 Å². The Morgan fingerprint density at radius 1 is 0.788 bits per heavy atom. The van der Waals surface area contributed by atoms with E-state index in [1.165, 1.54) is 11.1 Å². The van der Waals surface area contributed by atoms with Gasteiger partial charge in [0.1, 0.15) is 6.33 Å². The first kappa shape index (κ1) is 20.9. The van der Waals surface area contributed by atoms with Gasteiger partial charge in [-0.3, -0.25) is 9.36 Å². The van der Waals surface area contributed by atoms with Crippen LogP contribution in [0.5, 0.6) is 0 Å². The van der Waals surface area contributed by atoms with Crippen molar-refractivity contribution in [3.63, 3.8) is 0 Å². The second-order valence-electron chi connectivity index (χ2n) is 8.17. The maximum absolute atomic E-state index is 13.2. The summed E-state index contributed by atoms with van der Waals surface area (Å²) < 4.78 is 1.82. The van der Waals surface area contributed by atoms with E-state index in [9.17, 15) is 4.79 Å². The molecule has 0 atom stereocenters. The standard InChI is InChI=1S/C26H26N6O/c33-26(19-23(21-7-3-1-4-8-21)22-9-5-2-6-10-22)31-17-15-30(16-18-31)24-11-12-25(29-28-24)32-14-13-27-20-32/h1-14,20,23H,15-19H2. The van der Waals surface area contributed by atoms with Gasteiger partial charge in [-0.25, -0.2) is 4.98 Å². The molecule has 33 heavy (non-hydrogen) atoms. The molecule has 2 aromatic heterocycles. The Morgan fingerprint density at radius 3 is 1.94 bits per heavy atom. The number of hydrogen-bond donors (Lipinski definition) is 0. The van der Waals surface area contributed by atoms with Crippen LogP contribution in [-0.2, 0) is 4.79 Å². The van der Waals surface area contributed by atoms with Gasteiger partial charge in [-0.15, -0.1) is 10.2 Å². The van der Waals surface area contributed by atoms with Crippen molar-refractivity contribution in [1.82, 2.24) is 24.6 Å². The summed E-state index contributed by atoms with van der Waals surface area (Å²) >= 11 is 0. The van der Waals surface area contributed by atoms with E-state index in [0.29, 0.717) is 19.5 Å². The first-order valence-corrected chi connectivity index (χ1v) is 11.2. The predicted molar refractivity (Wildman–Crippen MR) is 127 cm³/mol. The lowest BCUT2D eigenvalue weighted by Gasteiger charge is -2.36. The van der Waals surface area contributed by atoms with Crippen LogP contribution in [0.4, 0.5) is 5.82 Å². The SMILES string of the molecule is O=C(CC(c1ccccc1)c1ccccc1)N1CCN(c2ccc(-n3ccnc3)nn2)CC1. The van der Waals surface area contributed by atoms with Crippen molar-refractivity contribution in [2.75, 3.05) is 31.1 Å². The molecule has 0 N–H and O–H groups in total. The number of hydrogen-bond acceptors (Lipinski definition) is 5. The number of nitrogens with zero attached hydrogens (tertiary/aromatic N) is 6. The lowest BCUT2D eigenvalue weighted by molar-refractivity contribution is -0.131. The highest BCUT2D eigenvalue weighted by Gasteiger charge is 2.25. The van der Waals surface area contributed by atoms with Crippen molar-refractivity contribution in [2.45, 2.75) is 12.3 Å². The van der Waals surface area contributed by atoms with Crippen LogP contribution in [0.25, 0.3) is 5.82 Å². The summed E-state index contributed by atoms with van der Waals surface area (Å²) in [6, 6.07) is 24.5. The maximum atomic E-state index is 13.2. The van der Waals surface area contributed by atoms with Gasteiger partial charge in [0.2, 0.25) is 5.91 Å². The number of rotatable bonds is 6. The molecule has 0 aliphatic carbocycles. The Balaban J connectivity index is 1.22. The van der Waals surface area contributed by atoms with Gasteiger partial charge in [-0.05, 0) is 23.3 Å². The molecule has 0 spiro atoms. The minimum Gasteiger partial charge on any atom is -0.352 e. The van der Waals surface area contributed by atoms with E-state index in [2.05, 4.69) is 44.3 Å². The minimum absolute atomic E-state index is 0.0551. The highest BCUT2D eigenvalue weighted by atomic mass is 16.2. The van der Waals surface area contributed by atoms with Crippen molar-refractivity contribution in [3.8, 4) is 5.82 Å². The highest BCUT2D eigenvalue weighted by Crippen LogP contribution is 2.29. The molecule has 2 aromatic carbocycles. The average Bonchev–Trinajstić information content (AvgIpc) is 3.44. The van der Waals surface area contributed by atoms with Gasteiger partial charge < -0.3 is 9.80 Å². The van der Waals surface area contributed by atoms with Gasteiger partial charge in [0.15, 0.2) is 11.6 Å². The zero-order valence-corrected chi connectivity index (χ0v) is 18.4. The van der Waals surface area contributed by atoms with E-state index in [1.54, 1.807) is 12.5 Å². The van der Waals surface area contributed by atoms with Crippen LogP contribution < -0.4 is 4.90 Å². The van der Waals surface area contributed by atoms with Crippen molar-refractivity contribution in [3.05, 3.63) is 103 Å². The van der Waals surface area contributed by atoms with Gasteiger partial charge in [0.05, 0.1) is 0 Å². The largest absolute Gasteiger partial charge is 0.352 e. The number of amides is 1. The number of piperazine rings is 1. The molecule has 1 amide bonds. The number of carbonyl (C=O) groups is 1. The summed E-state index contributed by atoms with van der Waals surface area (Å²) in [6.07, 6.45) is 5.72. The third-order valence-electron chi connectivity index (χ3n) is 6.14. The van der Waals surface area contributed by atoms with Crippen LogP contribution in [0.3, 0.4) is 0 Å². The first-order chi connectivity index (χ1) is 16.3. The van der Waals surface area contributed by atoms with Crippen LogP contribution >= 0.6 is 0 Å². The quantitative estimate of drug-likeness (QED) is 0.461. The molecule has 4 aromatic rings. The fourth-order valence-electron chi connectivity index (χ4n) is 4.31. The molecule has 5 rings (SSSR count). The normalized spacial score (nSPS) is 14.0. The molecule has 0 radical (unpaired) electrons. The van der Waals surface area contributed by atoms with E-state index < -0.39 is 0 Å². The number of carbonyl (C=O) groups excluding carboxylic acids is 1. The summed E-state index contributed by atoms with van der Waals surface area (Å²) in [7, 11) is 0. The van der Waals surface area contributed by atoms with Crippen molar-refractivity contribution >= 4 is 11.7 Å². The molecule has 1 fully saturated rings. The molecular weight excluding hydrogens is 412 g/mol. The Morgan fingerprint density at radius 2 is 1.39 bits per heavy atom. The van der Waals surface area contributed by atoms with Gasteiger partial charge in [0, 0.05) is 50.9 Å². The molecule has 0 unspecified atom stereocenters. The first-order valence-electron chi connectivity index (χ1n) is 11.2. The Hall–Kier alpha value is -4.00. The summed E-state index contributed by atoms with van der Waals surface area (Å²) in [5.41, 5.74) is 2.34. The van der Waals surface area contributed by atoms with E-state index in [1.807, 2.05) is 64.2 Å². The summed E-state index contributed by atoms with van der Waals surface area (Å²) in [5.74, 6) is 1.81. The van der Waals surface area contributed by atoms with Gasteiger partial charge >= 0.3 is 0 Å². The van der Waals surface area contributed by atoms with Crippen molar-refractivity contribution in [2.24, 2.45) is 0 Å². The lowest BCUT2D eigenvalue weighted by Crippen LogP contribution is -2.49. The van der Waals surface area contributed by atoms with Crippen LogP contribution in [0.15, 0.2) is 91.5 Å². The molecule has 1 aliphatic rings. The third kappa shape index (κ3) is 4.77. The van der Waals surface area contributed by atoms with Crippen LogP contribution in [-0.4, -0.2) is 56.7 Å². The second-order valence-corrected chi connectivity index (χ2v) is 8.17. The Kier molecular flexibility index (Phi) is 6.10. The molecule has 7 nitrogen and oxygen atoms in total. The zero-order valence-electron chi connectivity index (χ0n) is 18.4. The molecule has 7 heteroatoms. The van der Waals surface area contributed by atoms with Gasteiger partial charge in [0.25, 0.3) is 0 Å². The molecule has 166 valence electrons. The summed E-state index contributed by atoms with van der Waals surface area (Å²) in [6.45, 7) is 2.85. The minimum atomic E-state index is 0.0551. The highest BCUT2D eigenvalue weighted by molar-refractivity contribution is 5.78. The molecule has 1 aliphatic heterocycles. The predicted octanol–water partition coefficient (Wildman–Crippen LogP) is 3.53. The average molecular weight is 439 g/mol. The third-order valence-corrected chi connectivity index (χ3v) is 6.14. The van der Waals surface area contributed by atoms with Crippen LogP contribution in [0.2, 0.25) is 0 Å². The second kappa shape index (κ2) is 9.65. The van der Waals surface area contributed by atoms with Gasteiger partial charge in [-0.1, -0.05) is 60.7 Å². The molecule has 0 saturated carbocycles. The summed E-state index contributed by atoms with van der Waals surface area (Å²) in [4.78, 5) is 21.4. The smallest absolute Gasteiger partial charge is 0.223 e. The van der Waals surface area contributed by atoms with E-state index in [-0.39, 0.29) is 11.8 Å². The number of benzene rings is 2. The van der Waals surface area contributed by atoms with Gasteiger partial charge in [-0.2, -0.15) is 0 Å². The number of aromatic nitrogens is 4. The summed E-state index contributed by atoms with van der Waals surface area (Å²) in [5, 5.41) is 8.69. The maximum Gasteiger partial charge on any atom is 0.223 e. The Labute approximate surface area is 193 Å². The Bertz CT molecular complexity index is 1120. The van der Waals surface area contributed by atoms with E-state index >= 15 is 0 Å². The van der Waals surface area contributed by atoms with Crippen molar-refractivity contribution < 1.29 is 4.79 Å². The van der Waals surface area contributed by atoms with Crippen molar-refractivity contribution in [1.29, 1.82) is 0 Å². The molecular formula is C26H26N6O.